The first kappa shape index (κ1) is 4.61. The number of hydrogen-bond donors (Lipinski definition) is 0. The highest BCUT2D eigenvalue weighted by Gasteiger charge is 1.93. The van der Waals surface area contributed by atoms with Gasteiger partial charge < -0.3 is 0 Å². The summed E-state index contributed by atoms with van der Waals surface area (Å²) in [6.07, 6.45) is 3.76. The van der Waals surface area contributed by atoms with E-state index in [1.54, 1.807) is 6.33 Å². The van der Waals surface area contributed by atoms with Gasteiger partial charge in [0, 0.05) is 13.2 Å². The molecule has 0 aliphatic carbocycles. The fourth-order valence-electron chi connectivity index (χ4n) is 0.949. The highest BCUT2D eigenvalue weighted by molar-refractivity contribution is 5.37. The van der Waals surface area contributed by atoms with Gasteiger partial charge in [0.05, 0.1) is 0 Å². The molecule has 0 unspecified atom stereocenters. The van der Waals surface area contributed by atoms with Crippen molar-refractivity contribution in [2.45, 2.75) is 0 Å². The SMILES string of the molecule is Cn1ncn2cccc12. The average molecular weight is 121 g/mol. The van der Waals surface area contributed by atoms with Crippen molar-refractivity contribution >= 4 is 5.65 Å². The second-order valence-corrected chi connectivity index (χ2v) is 2.03. The summed E-state index contributed by atoms with van der Waals surface area (Å²) in [5.74, 6) is 0. The van der Waals surface area contributed by atoms with Crippen LogP contribution in [0.4, 0.5) is 0 Å². The third-order valence-corrected chi connectivity index (χ3v) is 1.44. The molecule has 0 spiro atoms. The van der Waals surface area contributed by atoms with Crippen LogP contribution in [-0.4, -0.2) is 14.2 Å². The van der Waals surface area contributed by atoms with Crippen molar-refractivity contribution in [3.8, 4) is 0 Å². The Morgan fingerprint density at radius 2 is 2.44 bits per heavy atom. The minimum Gasteiger partial charge on any atom is -0.291 e. The van der Waals surface area contributed by atoms with Gasteiger partial charge in [0.25, 0.3) is 0 Å². The fraction of sp³-hybridized carbons (Fsp3) is 0.167. The molecule has 0 amide bonds. The van der Waals surface area contributed by atoms with E-state index in [0.29, 0.717) is 0 Å². The summed E-state index contributed by atoms with van der Waals surface area (Å²) in [6, 6.07) is 4.02. The molecule has 0 bridgehead atoms. The molecule has 46 valence electrons. The predicted octanol–water partition coefficient (Wildman–Crippen LogP) is 0.673. The molecule has 0 saturated carbocycles. The summed E-state index contributed by atoms with van der Waals surface area (Å²) >= 11 is 0. The zero-order valence-corrected chi connectivity index (χ0v) is 5.15. The fourth-order valence-corrected chi connectivity index (χ4v) is 0.949. The van der Waals surface area contributed by atoms with E-state index in [-0.39, 0.29) is 0 Å². The third-order valence-electron chi connectivity index (χ3n) is 1.44. The normalized spacial score (nSPS) is 10.8. The van der Waals surface area contributed by atoms with Crippen LogP contribution in [0.25, 0.3) is 5.65 Å². The number of aromatic nitrogens is 3. The van der Waals surface area contributed by atoms with Crippen molar-refractivity contribution < 1.29 is 0 Å². The molecule has 0 fully saturated rings. The molecule has 0 aromatic carbocycles. The van der Waals surface area contributed by atoms with Crippen LogP contribution in [0.1, 0.15) is 0 Å². The van der Waals surface area contributed by atoms with Crippen LogP contribution in [0.3, 0.4) is 0 Å². The lowest BCUT2D eigenvalue weighted by Gasteiger charge is -1.83. The Morgan fingerprint density at radius 1 is 1.56 bits per heavy atom. The van der Waals surface area contributed by atoms with E-state index < -0.39 is 0 Å². The average Bonchev–Trinajstić information content (AvgIpc) is 2.35. The molecule has 2 aromatic heterocycles. The molecular formula is C6H7N3. The molecule has 0 radical (unpaired) electrons. The smallest absolute Gasteiger partial charge is 0.134 e. The third kappa shape index (κ3) is 0.483. The Morgan fingerprint density at radius 3 is 3.22 bits per heavy atom. The maximum Gasteiger partial charge on any atom is 0.134 e. The molecule has 0 atom stereocenters. The Hall–Kier alpha value is -1.25. The summed E-state index contributed by atoms with van der Waals surface area (Å²) in [5.41, 5.74) is 1.12. The predicted molar refractivity (Wildman–Crippen MR) is 34.2 cm³/mol. The molecule has 3 nitrogen and oxygen atoms in total. The Balaban J connectivity index is 2.99. The van der Waals surface area contributed by atoms with Gasteiger partial charge in [-0.1, -0.05) is 0 Å². The Kier molecular flexibility index (Phi) is 0.704. The van der Waals surface area contributed by atoms with Crippen LogP contribution in [0.2, 0.25) is 0 Å². The van der Waals surface area contributed by atoms with E-state index >= 15 is 0 Å². The molecule has 9 heavy (non-hydrogen) atoms. The van der Waals surface area contributed by atoms with Gasteiger partial charge in [-0.25, -0.2) is 0 Å². The molecule has 0 saturated heterocycles. The Bertz CT molecular complexity index is 317. The van der Waals surface area contributed by atoms with Gasteiger partial charge in [0.2, 0.25) is 0 Å². The van der Waals surface area contributed by atoms with Crippen molar-refractivity contribution in [1.29, 1.82) is 0 Å². The maximum atomic E-state index is 4.04. The van der Waals surface area contributed by atoms with Gasteiger partial charge in [0.1, 0.15) is 12.0 Å². The zero-order chi connectivity index (χ0) is 6.27. The molecule has 0 aliphatic rings. The first-order valence-electron chi connectivity index (χ1n) is 2.82. The van der Waals surface area contributed by atoms with Crippen LogP contribution in [0, 0.1) is 0 Å². The van der Waals surface area contributed by atoms with E-state index in [1.165, 1.54) is 0 Å². The summed E-state index contributed by atoms with van der Waals surface area (Å²) in [5, 5.41) is 4.04. The molecule has 0 N–H and O–H groups in total. The number of fused-ring (bicyclic) bond motifs is 1. The van der Waals surface area contributed by atoms with Crippen molar-refractivity contribution in [2.75, 3.05) is 0 Å². The van der Waals surface area contributed by atoms with E-state index in [1.807, 2.05) is 34.5 Å². The molecule has 2 heterocycles. The second kappa shape index (κ2) is 1.37. The standard InChI is InChI=1S/C6H7N3/c1-8-6-3-2-4-9(6)5-7-8/h2-5H,1H3. The zero-order valence-electron chi connectivity index (χ0n) is 5.15. The first-order valence-corrected chi connectivity index (χ1v) is 2.82. The summed E-state index contributed by atoms with van der Waals surface area (Å²) in [7, 11) is 1.93. The molecule has 2 rings (SSSR count). The van der Waals surface area contributed by atoms with Gasteiger partial charge in [-0.2, -0.15) is 5.10 Å². The van der Waals surface area contributed by atoms with Crippen molar-refractivity contribution in [2.24, 2.45) is 7.05 Å². The van der Waals surface area contributed by atoms with Gasteiger partial charge in [-0.15, -0.1) is 0 Å². The van der Waals surface area contributed by atoms with E-state index in [0.717, 1.165) is 5.65 Å². The van der Waals surface area contributed by atoms with Crippen LogP contribution in [0.5, 0.6) is 0 Å². The lowest BCUT2D eigenvalue weighted by atomic mass is 10.6. The largest absolute Gasteiger partial charge is 0.291 e. The monoisotopic (exact) mass is 121 g/mol. The van der Waals surface area contributed by atoms with Gasteiger partial charge in [-0.05, 0) is 12.1 Å². The number of rotatable bonds is 0. The first-order chi connectivity index (χ1) is 4.38. The summed E-state index contributed by atoms with van der Waals surface area (Å²) in [4.78, 5) is 0. The molecule has 2 aromatic rings. The maximum absolute atomic E-state index is 4.04. The topological polar surface area (TPSA) is 22.2 Å². The minimum atomic E-state index is 1.12. The summed E-state index contributed by atoms with van der Waals surface area (Å²) in [6.45, 7) is 0. The minimum absolute atomic E-state index is 1.12. The van der Waals surface area contributed by atoms with Crippen LogP contribution in [-0.2, 0) is 7.05 Å². The van der Waals surface area contributed by atoms with Gasteiger partial charge >= 0.3 is 0 Å². The second-order valence-electron chi connectivity index (χ2n) is 2.03. The number of hydrogen-bond acceptors (Lipinski definition) is 1. The van der Waals surface area contributed by atoms with Crippen molar-refractivity contribution in [3.05, 3.63) is 24.7 Å². The lowest BCUT2D eigenvalue weighted by Crippen LogP contribution is -1.87. The van der Waals surface area contributed by atoms with E-state index in [4.69, 9.17) is 0 Å². The van der Waals surface area contributed by atoms with Crippen LogP contribution < -0.4 is 0 Å². The number of nitrogens with zero attached hydrogens (tertiary/aromatic N) is 3. The highest BCUT2D eigenvalue weighted by atomic mass is 15.3. The molecular weight excluding hydrogens is 114 g/mol. The van der Waals surface area contributed by atoms with Gasteiger partial charge in [0.15, 0.2) is 0 Å². The van der Waals surface area contributed by atoms with E-state index in [9.17, 15) is 0 Å². The van der Waals surface area contributed by atoms with Crippen LogP contribution >= 0.6 is 0 Å². The Labute approximate surface area is 52.5 Å². The van der Waals surface area contributed by atoms with Crippen LogP contribution in [0.15, 0.2) is 24.7 Å². The van der Waals surface area contributed by atoms with Gasteiger partial charge in [-0.3, -0.25) is 9.08 Å². The molecule has 0 aliphatic heterocycles. The van der Waals surface area contributed by atoms with Crippen molar-refractivity contribution in [1.82, 2.24) is 14.2 Å². The summed E-state index contributed by atoms with van der Waals surface area (Å²) < 4.78 is 3.81. The van der Waals surface area contributed by atoms with Crippen molar-refractivity contribution in [3.63, 3.8) is 0 Å². The number of aryl methyl sites for hydroxylation is 1. The quantitative estimate of drug-likeness (QED) is 0.502. The van der Waals surface area contributed by atoms with E-state index in [2.05, 4.69) is 5.10 Å². The molecule has 3 heteroatoms. The lowest BCUT2D eigenvalue weighted by molar-refractivity contribution is 0.797. The highest BCUT2D eigenvalue weighted by Crippen LogP contribution is 1.99.